The quantitative estimate of drug-likeness (QED) is 0.607. The van der Waals surface area contributed by atoms with E-state index in [1.54, 1.807) is 18.2 Å². The molecule has 26 heavy (non-hydrogen) atoms. The second-order valence-corrected chi connectivity index (χ2v) is 6.08. The number of nitrogens with zero attached hydrogens (tertiary/aromatic N) is 3. The first-order valence-corrected chi connectivity index (χ1v) is 8.19. The van der Waals surface area contributed by atoms with E-state index in [1.807, 2.05) is 38.1 Å². The SMILES string of the molecule is CC(C)Oc1ccccc1-c1cc(=O)c2cc(-c3nn[nH]n3)ccc2o1. The second kappa shape index (κ2) is 6.44. The molecule has 0 unspecified atom stereocenters. The molecule has 2 aromatic heterocycles. The van der Waals surface area contributed by atoms with Crippen molar-refractivity contribution in [2.75, 3.05) is 0 Å². The third-order valence-corrected chi connectivity index (χ3v) is 3.85. The third-order valence-electron chi connectivity index (χ3n) is 3.85. The summed E-state index contributed by atoms with van der Waals surface area (Å²) in [6.07, 6.45) is 0.0147. The highest BCUT2D eigenvalue weighted by Gasteiger charge is 2.14. The number of ether oxygens (including phenoxy) is 1. The summed E-state index contributed by atoms with van der Waals surface area (Å²) in [4.78, 5) is 12.7. The summed E-state index contributed by atoms with van der Waals surface area (Å²) < 4.78 is 11.8. The molecular weight excluding hydrogens is 332 g/mol. The van der Waals surface area contributed by atoms with E-state index in [2.05, 4.69) is 20.6 Å². The Morgan fingerprint density at radius 1 is 1.12 bits per heavy atom. The molecule has 0 fully saturated rings. The van der Waals surface area contributed by atoms with Gasteiger partial charge in [0, 0.05) is 11.6 Å². The number of H-pyrrole nitrogens is 1. The van der Waals surface area contributed by atoms with Crippen molar-refractivity contribution in [1.82, 2.24) is 20.6 Å². The lowest BCUT2D eigenvalue weighted by molar-refractivity contribution is 0.243. The standard InChI is InChI=1S/C19H16N4O3/c1-11(2)25-16-6-4-3-5-13(16)18-10-15(24)14-9-12(7-8-17(14)26-18)19-20-22-23-21-19/h3-11H,1-2H3,(H,20,21,22,23). The Morgan fingerprint density at radius 2 is 1.96 bits per heavy atom. The summed E-state index contributed by atoms with van der Waals surface area (Å²) in [5.74, 6) is 1.56. The first-order valence-electron chi connectivity index (χ1n) is 8.19. The molecule has 7 heteroatoms. The molecule has 4 rings (SSSR count). The van der Waals surface area contributed by atoms with Crippen molar-refractivity contribution < 1.29 is 9.15 Å². The fourth-order valence-electron chi connectivity index (χ4n) is 2.74. The number of fused-ring (bicyclic) bond motifs is 1. The van der Waals surface area contributed by atoms with Gasteiger partial charge in [-0.05, 0) is 49.4 Å². The topological polar surface area (TPSA) is 93.9 Å². The molecule has 0 aliphatic rings. The molecule has 0 bridgehead atoms. The van der Waals surface area contributed by atoms with Gasteiger partial charge in [-0.2, -0.15) is 5.21 Å². The van der Waals surface area contributed by atoms with E-state index in [9.17, 15) is 4.79 Å². The minimum absolute atomic E-state index is 0.0147. The third kappa shape index (κ3) is 2.95. The van der Waals surface area contributed by atoms with Crippen molar-refractivity contribution in [3.8, 4) is 28.5 Å². The van der Waals surface area contributed by atoms with Gasteiger partial charge in [-0.25, -0.2) is 0 Å². The Balaban J connectivity index is 1.84. The van der Waals surface area contributed by atoms with Gasteiger partial charge in [0.25, 0.3) is 0 Å². The lowest BCUT2D eigenvalue weighted by Crippen LogP contribution is -2.07. The highest BCUT2D eigenvalue weighted by atomic mass is 16.5. The van der Waals surface area contributed by atoms with Crippen molar-refractivity contribution in [1.29, 1.82) is 0 Å². The van der Waals surface area contributed by atoms with E-state index in [0.717, 1.165) is 5.56 Å². The minimum Gasteiger partial charge on any atom is -0.490 e. The average molecular weight is 348 g/mol. The average Bonchev–Trinajstić information content (AvgIpc) is 3.16. The second-order valence-electron chi connectivity index (χ2n) is 6.08. The van der Waals surface area contributed by atoms with Gasteiger partial charge >= 0.3 is 0 Å². The molecule has 0 aliphatic carbocycles. The minimum atomic E-state index is -0.147. The Labute approximate surface area is 148 Å². The van der Waals surface area contributed by atoms with E-state index in [0.29, 0.717) is 33.9 Å². The van der Waals surface area contributed by atoms with Gasteiger partial charge in [0.15, 0.2) is 5.43 Å². The van der Waals surface area contributed by atoms with Gasteiger partial charge in [0.1, 0.15) is 17.1 Å². The van der Waals surface area contributed by atoms with Crippen molar-refractivity contribution in [2.45, 2.75) is 20.0 Å². The summed E-state index contributed by atoms with van der Waals surface area (Å²) in [5, 5.41) is 14.3. The first kappa shape index (κ1) is 16.0. The molecule has 7 nitrogen and oxygen atoms in total. The molecule has 4 aromatic rings. The van der Waals surface area contributed by atoms with Gasteiger partial charge in [0.05, 0.1) is 17.1 Å². The monoisotopic (exact) mass is 348 g/mol. The van der Waals surface area contributed by atoms with Gasteiger partial charge in [0.2, 0.25) is 5.82 Å². The number of hydrogen-bond donors (Lipinski definition) is 1. The fourth-order valence-corrected chi connectivity index (χ4v) is 2.74. The predicted molar refractivity (Wildman–Crippen MR) is 96.9 cm³/mol. The highest BCUT2D eigenvalue weighted by molar-refractivity contribution is 5.83. The molecule has 0 radical (unpaired) electrons. The molecule has 0 aliphatic heterocycles. The van der Waals surface area contributed by atoms with Crippen LogP contribution in [0.2, 0.25) is 0 Å². The van der Waals surface area contributed by atoms with Crippen molar-refractivity contribution >= 4 is 11.0 Å². The van der Waals surface area contributed by atoms with Crippen LogP contribution in [0.3, 0.4) is 0 Å². The van der Waals surface area contributed by atoms with Crippen LogP contribution in [-0.4, -0.2) is 26.7 Å². The zero-order valence-corrected chi connectivity index (χ0v) is 14.3. The Hall–Kier alpha value is -3.48. The molecule has 0 amide bonds. The lowest BCUT2D eigenvalue weighted by Gasteiger charge is -2.13. The summed E-state index contributed by atoms with van der Waals surface area (Å²) in [6.45, 7) is 3.90. The molecule has 2 aromatic carbocycles. The number of aromatic nitrogens is 4. The highest BCUT2D eigenvalue weighted by Crippen LogP contribution is 2.32. The van der Waals surface area contributed by atoms with Crippen LogP contribution in [0.1, 0.15) is 13.8 Å². The molecule has 2 heterocycles. The van der Waals surface area contributed by atoms with Crippen LogP contribution in [0.5, 0.6) is 5.75 Å². The van der Waals surface area contributed by atoms with Crippen molar-refractivity contribution in [3.05, 3.63) is 58.8 Å². The molecule has 1 N–H and O–H groups in total. The number of hydrogen-bond acceptors (Lipinski definition) is 6. The van der Waals surface area contributed by atoms with E-state index >= 15 is 0 Å². The fraction of sp³-hybridized carbons (Fsp3) is 0.158. The molecule has 130 valence electrons. The molecule has 0 saturated heterocycles. The van der Waals surface area contributed by atoms with Crippen LogP contribution in [0.4, 0.5) is 0 Å². The van der Waals surface area contributed by atoms with E-state index in [-0.39, 0.29) is 11.5 Å². The van der Waals surface area contributed by atoms with Gasteiger partial charge in [-0.3, -0.25) is 4.79 Å². The number of benzene rings is 2. The van der Waals surface area contributed by atoms with Crippen LogP contribution < -0.4 is 10.2 Å². The van der Waals surface area contributed by atoms with Crippen molar-refractivity contribution in [3.63, 3.8) is 0 Å². The summed E-state index contributed by atoms with van der Waals surface area (Å²) in [7, 11) is 0. The molecule has 0 saturated carbocycles. The number of aromatic amines is 1. The number of para-hydroxylation sites is 1. The van der Waals surface area contributed by atoms with Gasteiger partial charge < -0.3 is 9.15 Å². The van der Waals surface area contributed by atoms with E-state index in [1.165, 1.54) is 6.07 Å². The zero-order valence-electron chi connectivity index (χ0n) is 14.3. The van der Waals surface area contributed by atoms with Gasteiger partial charge in [-0.15, -0.1) is 10.2 Å². The lowest BCUT2D eigenvalue weighted by atomic mass is 10.1. The van der Waals surface area contributed by atoms with Crippen LogP contribution in [0.25, 0.3) is 33.7 Å². The Bertz CT molecular complexity index is 1120. The van der Waals surface area contributed by atoms with E-state index in [4.69, 9.17) is 9.15 Å². The smallest absolute Gasteiger partial charge is 0.204 e. The van der Waals surface area contributed by atoms with E-state index < -0.39 is 0 Å². The summed E-state index contributed by atoms with van der Waals surface area (Å²) in [5.41, 5.74) is 1.77. The first-order chi connectivity index (χ1) is 12.6. The number of nitrogens with one attached hydrogen (secondary N) is 1. The maximum absolute atomic E-state index is 12.7. The Kier molecular flexibility index (Phi) is 3.96. The molecule has 0 spiro atoms. The van der Waals surface area contributed by atoms with Crippen LogP contribution >= 0.6 is 0 Å². The summed E-state index contributed by atoms with van der Waals surface area (Å²) in [6, 6.07) is 14.2. The van der Waals surface area contributed by atoms with Crippen LogP contribution in [0.15, 0.2) is 57.7 Å². The molecule has 0 atom stereocenters. The predicted octanol–water partition coefficient (Wildman–Crippen LogP) is 3.43. The van der Waals surface area contributed by atoms with Crippen molar-refractivity contribution in [2.24, 2.45) is 0 Å². The molecular formula is C19H16N4O3. The maximum Gasteiger partial charge on any atom is 0.204 e. The number of tetrazole rings is 1. The normalized spacial score (nSPS) is 11.2. The zero-order chi connectivity index (χ0) is 18.1. The van der Waals surface area contributed by atoms with Crippen LogP contribution in [-0.2, 0) is 0 Å². The number of rotatable bonds is 4. The summed E-state index contributed by atoms with van der Waals surface area (Å²) >= 11 is 0. The maximum atomic E-state index is 12.7. The Morgan fingerprint density at radius 3 is 2.73 bits per heavy atom. The largest absolute Gasteiger partial charge is 0.490 e. The van der Waals surface area contributed by atoms with Gasteiger partial charge in [-0.1, -0.05) is 12.1 Å². The van der Waals surface area contributed by atoms with Crippen LogP contribution in [0, 0.1) is 0 Å².